The molecule has 5 heteroatoms. The summed E-state index contributed by atoms with van der Waals surface area (Å²) < 4.78 is 2.02. The largest absolute Gasteiger partial charge is 0.506 e. The summed E-state index contributed by atoms with van der Waals surface area (Å²) in [6.45, 7) is 4.47. The van der Waals surface area contributed by atoms with Gasteiger partial charge in [0.2, 0.25) is 0 Å². The first kappa shape index (κ1) is 20.9. The molecule has 0 radical (unpaired) electrons. The minimum absolute atomic E-state index is 0.119. The quantitative estimate of drug-likeness (QED) is 0.354. The van der Waals surface area contributed by atoms with Gasteiger partial charge in [-0.1, -0.05) is 38.1 Å². The van der Waals surface area contributed by atoms with E-state index in [0.29, 0.717) is 17.3 Å². The summed E-state index contributed by atoms with van der Waals surface area (Å²) in [6.07, 6.45) is 5.94. The highest BCUT2D eigenvalue weighted by Gasteiger charge is 2.17. The Bertz CT molecular complexity index is 1440. The van der Waals surface area contributed by atoms with Gasteiger partial charge >= 0.3 is 0 Å². The van der Waals surface area contributed by atoms with Gasteiger partial charge in [-0.25, -0.2) is 4.98 Å². The lowest BCUT2D eigenvalue weighted by Crippen LogP contribution is -1.96. The zero-order valence-corrected chi connectivity index (χ0v) is 19.0. The van der Waals surface area contributed by atoms with Gasteiger partial charge in [-0.05, 0) is 59.9 Å². The van der Waals surface area contributed by atoms with Crippen LogP contribution in [0.5, 0.6) is 5.75 Å². The van der Waals surface area contributed by atoms with Crippen LogP contribution in [-0.2, 0) is 13.5 Å². The molecule has 5 nitrogen and oxygen atoms in total. The number of hydrogen-bond donors (Lipinski definition) is 1. The van der Waals surface area contributed by atoms with E-state index < -0.39 is 0 Å². The molecule has 3 aromatic heterocycles. The summed E-state index contributed by atoms with van der Waals surface area (Å²) in [6, 6.07) is 20.7. The molecule has 0 fully saturated rings. The van der Waals surface area contributed by atoms with E-state index in [-0.39, 0.29) is 5.75 Å². The second-order valence-corrected chi connectivity index (χ2v) is 8.79. The van der Waals surface area contributed by atoms with Crippen molar-refractivity contribution in [3.8, 4) is 39.5 Å². The predicted octanol–water partition coefficient (Wildman–Crippen LogP) is 6.27. The van der Waals surface area contributed by atoms with Crippen molar-refractivity contribution in [1.82, 2.24) is 19.5 Å². The van der Waals surface area contributed by atoms with Crippen molar-refractivity contribution >= 4 is 11.0 Å². The number of rotatable bonds is 5. The van der Waals surface area contributed by atoms with Crippen LogP contribution in [0.15, 0.2) is 79.3 Å². The molecular formula is C28H26N4O. The molecule has 0 bridgehead atoms. The van der Waals surface area contributed by atoms with Gasteiger partial charge in [-0.2, -0.15) is 0 Å². The Balaban J connectivity index is 1.72. The number of aryl methyl sites for hydroxylation is 1. The fraction of sp³-hybridized carbons (Fsp3) is 0.179. The first-order valence-electron chi connectivity index (χ1n) is 11.2. The van der Waals surface area contributed by atoms with Crippen LogP contribution in [0.25, 0.3) is 44.8 Å². The fourth-order valence-electron chi connectivity index (χ4n) is 4.38. The van der Waals surface area contributed by atoms with E-state index in [2.05, 4.69) is 60.2 Å². The standard InChI is InChI=1S/C28H26N4O/c1-18(2)13-19-14-20(16-21(15-19)24-8-4-5-11-30-24)22-7-6-9-25-27(22)31-28(32(25)3)23-10-12-29-17-26(23)33/h4-12,14-18,33H,13H2,1-3H3. The van der Waals surface area contributed by atoms with Gasteiger partial charge in [0.05, 0.1) is 28.5 Å². The number of pyridine rings is 2. The molecule has 3 heterocycles. The molecule has 0 spiro atoms. The monoisotopic (exact) mass is 434 g/mol. The topological polar surface area (TPSA) is 63.8 Å². The molecule has 0 amide bonds. The molecule has 2 aromatic carbocycles. The number of aromatic hydroxyl groups is 1. The van der Waals surface area contributed by atoms with Crippen LogP contribution in [0, 0.1) is 5.92 Å². The minimum atomic E-state index is 0.119. The first-order valence-corrected chi connectivity index (χ1v) is 11.2. The average molecular weight is 435 g/mol. The van der Waals surface area contributed by atoms with E-state index in [9.17, 15) is 5.11 Å². The van der Waals surface area contributed by atoms with Gasteiger partial charge < -0.3 is 9.67 Å². The van der Waals surface area contributed by atoms with Crippen molar-refractivity contribution < 1.29 is 5.11 Å². The lowest BCUT2D eigenvalue weighted by atomic mass is 9.93. The van der Waals surface area contributed by atoms with Crippen LogP contribution in [0.2, 0.25) is 0 Å². The van der Waals surface area contributed by atoms with E-state index in [1.165, 1.54) is 11.8 Å². The number of fused-ring (bicyclic) bond motifs is 1. The molecule has 0 atom stereocenters. The number of aromatic nitrogens is 4. The third-order valence-corrected chi connectivity index (χ3v) is 5.86. The number of imidazole rings is 1. The maximum absolute atomic E-state index is 10.4. The summed E-state index contributed by atoms with van der Waals surface area (Å²) in [5.74, 6) is 1.37. The highest BCUT2D eigenvalue weighted by atomic mass is 16.3. The Morgan fingerprint density at radius 3 is 2.52 bits per heavy atom. The van der Waals surface area contributed by atoms with E-state index in [0.717, 1.165) is 39.8 Å². The Morgan fingerprint density at radius 2 is 1.76 bits per heavy atom. The Hall–Kier alpha value is -3.99. The molecule has 0 aliphatic carbocycles. The van der Waals surface area contributed by atoms with Crippen molar-refractivity contribution in [3.63, 3.8) is 0 Å². The van der Waals surface area contributed by atoms with Crippen LogP contribution < -0.4 is 0 Å². The summed E-state index contributed by atoms with van der Waals surface area (Å²) in [4.78, 5) is 13.6. The van der Waals surface area contributed by atoms with Gasteiger partial charge in [0, 0.05) is 30.6 Å². The number of benzene rings is 2. The van der Waals surface area contributed by atoms with Crippen molar-refractivity contribution in [2.45, 2.75) is 20.3 Å². The van der Waals surface area contributed by atoms with Crippen LogP contribution in [-0.4, -0.2) is 24.6 Å². The zero-order chi connectivity index (χ0) is 22.9. The Morgan fingerprint density at radius 1 is 0.909 bits per heavy atom. The lowest BCUT2D eigenvalue weighted by Gasteiger charge is -2.12. The highest BCUT2D eigenvalue weighted by Crippen LogP contribution is 2.36. The molecule has 0 saturated heterocycles. The molecule has 33 heavy (non-hydrogen) atoms. The van der Waals surface area contributed by atoms with Crippen LogP contribution in [0.1, 0.15) is 19.4 Å². The Kier molecular flexibility index (Phi) is 5.38. The molecule has 5 aromatic rings. The van der Waals surface area contributed by atoms with Gasteiger partial charge in [0.15, 0.2) is 0 Å². The van der Waals surface area contributed by atoms with E-state index in [1.807, 2.05) is 36.0 Å². The summed E-state index contributed by atoms with van der Waals surface area (Å²) in [5, 5.41) is 10.4. The molecular weight excluding hydrogens is 408 g/mol. The molecule has 0 unspecified atom stereocenters. The third kappa shape index (κ3) is 3.98. The van der Waals surface area contributed by atoms with Crippen LogP contribution in [0.4, 0.5) is 0 Å². The minimum Gasteiger partial charge on any atom is -0.506 e. The summed E-state index contributed by atoms with van der Waals surface area (Å²) in [7, 11) is 1.98. The maximum atomic E-state index is 10.4. The van der Waals surface area contributed by atoms with Crippen molar-refractivity contribution in [2.75, 3.05) is 0 Å². The fourth-order valence-corrected chi connectivity index (χ4v) is 4.38. The first-order chi connectivity index (χ1) is 16.0. The average Bonchev–Trinajstić information content (AvgIpc) is 3.16. The van der Waals surface area contributed by atoms with Crippen LogP contribution in [0.3, 0.4) is 0 Å². The van der Waals surface area contributed by atoms with Gasteiger partial charge in [0.25, 0.3) is 0 Å². The number of nitrogens with zero attached hydrogens (tertiary/aromatic N) is 4. The summed E-state index contributed by atoms with van der Waals surface area (Å²) >= 11 is 0. The lowest BCUT2D eigenvalue weighted by molar-refractivity contribution is 0.474. The second kappa shape index (κ2) is 8.51. The number of para-hydroxylation sites is 1. The summed E-state index contributed by atoms with van der Waals surface area (Å²) in [5.41, 5.74) is 8.09. The van der Waals surface area contributed by atoms with Crippen LogP contribution >= 0.6 is 0 Å². The molecule has 1 N–H and O–H groups in total. The predicted molar refractivity (Wildman–Crippen MR) is 133 cm³/mol. The molecule has 0 aliphatic rings. The van der Waals surface area contributed by atoms with E-state index >= 15 is 0 Å². The van der Waals surface area contributed by atoms with Crippen molar-refractivity contribution in [3.05, 3.63) is 84.8 Å². The zero-order valence-electron chi connectivity index (χ0n) is 19.0. The van der Waals surface area contributed by atoms with E-state index in [4.69, 9.17) is 4.98 Å². The molecule has 0 saturated carbocycles. The SMILES string of the molecule is CC(C)Cc1cc(-c2ccccn2)cc(-c2cccc3c2nc(-c2ccncc2O)n3C)c1. The van der Waals surface area contributed by atoms with E-state index in [1.54, 1.807) is 12.3 Å². The van der Waals surface area contributed by atoms with Crippen molar-refractivity contribution in [1.29, 1.82) is 0 Å². The normalized spacial score (nSPS) is 11.4. The highest BCUT2D eigenvalue weighted by molar-refractivity contribution is 5.95. The van der Waals surface area contributed by atoms with Crippen molar-refractivity contribution in [2.24, 2.45) is 13.0 Å². The van der Waals surface area contributed by atoms with Gasteiger partial charge in [-0.3, -0.25) is 9.97 Å². The molecule has 0 aliphatic heterocycles. The second-order valence-electron chi connectivity index (χ2n) is 8.79. The van der Waals surface area contributed by atoms with Gasteiger partial charge in [-0.15, -0.1) is 0 Å². The molecule has 164 valence electrons. The number of hydrogen-bond acceptors (Lipinski definition) is 4. The maximum Gasteiger partial charge on any atom is 0.144 e. The molecule has 5 rings (SSSR count). The Labute approximate surface area is 193 Å². The smallest absolute Gasteiger partial charge is 0.144 e. The third-order valence-electron chi connectivity index (χ3n) is 5.86. The van der Waals surface area contributed by atoms with Gasteiger partial charge in [0.1, 0.15) is 11.6 Å².